The number of nitrogens with one attached hydrogen (secondary N) is 3. The lowest BCUT2D eigenvalue weighted by molar-refractivity contribution is -0.347. The highest BCUT2D eigenvalue weighted by molar-refractivity contribution is 5.83. The van der Waals surface area contributed by atoms with Crippen LogP contribution in [0.5, 0.6) is 0 Å². The normalized spacial score (nSPS) is 11.1. The number of nitrogen functional groups attached to an aromatic ring is 1. The number of aromatic amines is 2. The van der Waals surface area contributed by atoms with Gasteiger partial charge in [0.25, 0.3) is 5.95 Å². The van der Waals surface area contributed by atoms with Crippen LogP contribution in [0.15, 0.2) is 48.8 Å². The second-order valence-electron chi connectivity index (χ2n) is 5.12. The maximum Gasteiger partial charge on any atom is 0.307 e. The number of anilines is 2. The smallest absolute Gasteiger partial charge is 0.307 e. The number of nitrogens with two attached hydrogens (primary N) is 1. The van der Waals surface area contributed by atoms with Crippen molar-refractivity contribution in [2.45, 2.75) is 6.54 Å². The van der Waals surface area contributed by atoms with Gasteiger partial charge in [0.15, 0.2) is 12.1 Å². The van der Waals surface area contributed by atoms with Gasteiger partial charge in [0, 0.05) is 6.54 Å². The summed E-state index contributed by atoms with van der Waals surface area (Å²) in [7, 11) is 0. The van der Waals surface area contributed by atoms with E-state index in [9.17, 15) is 0 Å². The molecule has 6 heteroatoms. The third kappa shape index (κ3) is 2.20. The Labute approximate surface area is 126 Å². The molecule has 0 spiro atoms. The Bertz CT molecular complexity index is 959. The first-order valence-corrected chi connectivity index (χ1v) is 7.03. The molecule has 2 heterocycles. The van der Waals surface area contributed by atoms with Crippen LogP contribution in [0, 0.1) is 0 Å². The zero-order valence-electron chi connectivity index (χ0n) is 11.8. The molecule has 6 nitrogen and oxygen atoms in total. The zero-order valence-corrected chi connectivity index (χ0v) is 11.8. The third-order valence-corrected chi connectivity index (χ3v) is 3.63. The number of aromatic nitrogens is 4. The maximum absolute atomic E-state index is 5.73. The van der Waals surface area contributed by atoms with Crippen molar-refractivity contribution < 1.29 is 4.98 Å². The molecule has 0 amide bonds. The molecule has 108 valence electrons. The fourth-order valence-corrected chi connectivity index (χ4v) is 2.56. The zero-order chi connectivity index (χ0) is 14.9. The van der Waals surface area contributed by atoms with Gasteiger partial charge in [0.2, 0.25) is 5.52 Å². The second kappa shape index (κ2) is 5.00. The van der Waals surface area contributed by atoms with Crippen LogP contribution in [0.1, 0.15) is 5.56 Å². The highest BCUT2D eigenvalue weighted by Crippen LogP contribution is 2.19. The van der Waals surface area contributed by atoms with Gasteiger partial charge in [0.05, 0.1) is 0 Å². The second-order valence-corrected chi connectivity index (χ2v) is 5.12. The SMILES string of the molecule is Nc1nc(NCc2ccc3ccccc3c2)c2[nH]c[nH+]c2n1. The quantitative estimate of drug-likeness (QED) is 0.539. The summed E-state index contributed by atoms with van der Waals surface area (Å²) in [5.74, 6) is 0.932. The van der Waals surface area contributed by atoms with Gasteiger partial charge in [-0.25, -0.2) is 4.98 Å². The Morgan fingerprint density at radius 1 is 1.09 bits per heavy atom. The van der Waals surface area contributed by atoms with Crippen LogP contribution in [-0.2, 0) is 6.54 Å². The third-order valence-electron chi connectivity index (χ3n) is 3.63. The summed E-state index contributed by atoms with van der Waals surface area (Å²) in [5, 5.41) is 5.77. The minimum atomic E-state index is 0.240. The first-order chi connectivity index (χ1) is 10.8. The van der Waals surface area contributed by atoms with E-state index < -0.39 is 0 Å². The van der Waals surface area contributed by atoms with Gasteiger partial charge in [-0.1, -0.05) is 41.4 Å². The lowest BCUT2D eigenvalue weighted by atomic mass is 10.1. The molecule has 4 aromatic rings. The number of H-pyrrole nitrogens is 2. The number of hydrogen-bond acceptors (Lipinski definition) is 4. The highest BCUT2D eigenvalue weighted by Gasteiger charge is 2.13. The predicted octanol–water partition coefficient (Wildman–Crippen LogP) is 2.12. The van der Waals surface area contributed by atoms with Crippen molar-refractivity contribution in [3.63, 3.8) is 0 Å². The average Bonchev–Trinajstić information content (AvgIpc) is 3.00. The number of fused-ring (bicyclic) bond motifs is 2. The lowest BCUT2D eigenvalue weighted by Gasteiger charge is -2.06. The van der Waals surface area contributed by atoms with E-state index in [4.69, 9.17) is 5.73 Å². The van der Waals surface area contributed by atoms with Gasteiger partial charge in [-0.2, -0.15) is 4.98 Å². The monoisotopic (exact) mass is 291 g/mol. The first kappa shape index (κ1) is 12.6. The van der Waals surface area contributed by atoms with Crippen LogP contribution in [0.25, 0.3) is 21.9 Å². The Hall–Kier alpha value is -3.15. The molecule has 0 atom stereocenters. The Morgan fingerprint density at radius 2 is 1.95 bits per heavy atom. The van der Waals surface area contributed by atoms with E-state index in [0.717, 1.165) is 5.52 Å². The lowest BCUT2D eigenvalue weighted by Crippen LogP contribution is -2.07. The molecule has 0 saturated heterocycles. The predicted molar refractivity (Wildman–Crippen MR) is 86.1 cm³/mol. The summed E-state index contributed by atoms with van der Waals surface area (Å²) in [6.45, 7) is 0.662. The number of rotatable bonds is 3. The van der Waals surface area contributed by atoms with Crippen LogP contribution in [0.4, 0.5) is 11.8 Å². The molecule has 0 unspecified atom stereocenters. The maximum atomic E-state index is 5.73. The summed E-state index contributed by atoms with van der Waals surface area (Å²) < 4.78 is 0. The van der Waals surface area contributed by atoms with Crippen LogP contribution < -0.4 is 16.0 Å². The Balaban J connectivity index is 1.63. The number of hydrogen-bond donors (Lipinski definition) is 3. The van der Waals surface area contributed by atoms with Gasteiger partial charge >= 0.3 is 5.65 Å². The number of imidazole rings is 1. The molecule has 0 radical (unpaired) electrons. The van der Waals surface area contributed by atoms with Gasteiger partial charge in [0.1, 0.15) is 0 Å². The van der Waals surface area contributed by atoms with Crippen molar-refractivity contribution in [1.82, 2.24) is 15.0 Å². The molecule has 5 N–H and O–H groups in total. The van der Waals surface area contributed by atoms with Crippen LogP contribution in [0.3, 0.4) is 0 Å². The van der Waals surface area contributed by atoms with Crippen molar-refractivity contribution in [3.05, 3.63) is 54.4 Å². The summed E-state index contributed by atoms with van der Waals surface area (Å²) in [6.07, 6.45) is 1.71. The fraction of sp³-hybridized carbons (Fsp3) is 0.0625. The van der Waals surface area contributed by atoms with Crippen molar-refractivity contribution >= 4 is 33.7 Å². The van der Waals surface area contributed by atoms with Gasteiger partial charge in [-0.3, -0.25) is 4.98 Å². The van der Waals surface area contributed by atoms with Gasteiger partial charge in [-0.05, 0) is 22.4 Å². The summed E-state index contributed by atoms with van der Waals surface area (Å²) in [6, 6.07) is 14.7. The summed E-state index contributed by atoms with van der Waals surface area (Å²) in [5.41, 5.74) is 8.41. The molecule has 0 saturated carbocycles. The van der Waals surface area contributed by atoms with E-state index in [0.29, 0.717) is 18.0 Å². The highest BCUT2D eigenvalue weighted by atomic mass is 15.1. The van der Waals surface area contributed by atoms with Crippen molar-refractivity contribution in [1.29, 1.82) is 0 Å². The van der Waals surface area contributed by atoms with Crippen LogP contribution >= 0.6 is 0 Å². The molecule has 22 heavy (non-hydrogen) atoms. The van der Waals surface area contributed by atoms with E-state index in [-0.39, 0.29) is 5.95 Å². The molecular weight excluding hydrogens is 276 g/mol. The average molecular weight is 291 g/mol. The molecule has 0 aliphatic rings. The van der Waals surface area contributed by atoms with Crippen molar-refractivity contribution in [3.8, 4) is 0 Å². The van der Waals surface area contributed by atoms with E-state index in [1.807, 2.05) is 12.1 Å². The van der Waals surface area contributed by atoms with Crippen molar-refractivity contribution in [2.24, 2.45) is 0 Å². The Kier molecular flexibility index (Phi) is 2.86. The molecule has 0 fully saturated rings. The number of nitrogens with zero attached hydrogens (tertiary/aromatic N) is 2. The standard InChI is InChI=1S/C16H14N6/c17-16-21-14(13-15(22-16)20-9-19-13)18-8-10-5-6-11-3-1-2-4-12(11)7-10/h1-7,9H,8H2,(H4,17,18,19,20,21,22)/p+1. The number of benzene rings is 2. The van der Waals surface area contributed by atoms with E-state index in [1.54, 1.807) is 6.33 Å². The molecule has 2 aromatic heterocycles. The first-order valence-electron chi connectivity index (χ1n) is 7.03. The van der Waals surface area contributed by atoms with Crippen molar-refractivity contribution in [2.75, 3.05) is 11.1 Å². The fourth-order valence-electron chi connectivity index (χ4n) is 2.56. The van der Waals surface area contributed by atoms with Crippen LogP contribution in [0.2, 0.25) is 0 Å². The van der Waals surface area contributed by atoms with Gasteiger partial charge < -0.3 is 11.1 Å². The van der Waals surface area contributed by atoms with Crippen LogP contribution in [-0.4, -0.2) is 15.0 Å². The summed E-state index contributed by atoms with van der Waals surface area (Å²) in [4.78, 5) is 14.5. The molecule has 4 rings (SSSR count). The van der Waals surface area contributed by atoms with Gasteiger partial charge in [-0.15, -0.1) is 0 Å². The van der Waals surface area contributed by atoms with E-state index in [1.165, 1.54) is 16.3 Å². The summed E-state index contributed by atoms with van der Waals surface area (Å²) >= 11 is 0. The minimum absolute atomic E-state index is 0.240. The molecule has 0 aliphatic carbocycles. The Morgan fingerprint density at radius 3 is 2.86 bits per heavy atom. The topological polar surface area (TPSA) is 93.8 Å². The van der Waals surface area contributed by atoms with E-state index in [2.05, 4.69) is 55.6 Å². The minimum Gasteiger partial charge on any atom is -0.363 e. The largest absolute Gasteiger partial charge is 0.363 e. The van der Waals surface area contributed by atoms with E-state index >= 15 is 0 Å². The molecule has 2 aromatic carbocycles. The molecular formula is C16H15N6+. The molecule has 0 aliphatic heterocycles. The molecule has 0 bridgehead atoms.